The number of hydrogen-bond acceptors (Lipinski definition) is 4. The van der Waals surface area contributed by atoms with Crippen molar-refractivity contribution in [2.75, 3.05) is 7.11 Å². The molecule has 0 radical (unpaired) electrons. The molecule has 2 aromatic heterocycles. The Morgan fingerprint density at radius 1 is 1.08 bits per heavy atom. The van der Waals surface area contributed by atoms with Crippen LogP contribution in [0, 0.1) is 6.92 Å². The molecular weight excluding hydrogens is 452 g/mol. The molecule has 0 aliphatic rings. The zero-order valence-corrected chi connectivity index (χ0v) is 21.5. The van der Waals surface area contributed by atoms with Crippen molar-refractivity contribution in [1.29, 1.82) is 0 Å². The molecule has 2 heterocycles. The summed E-state index contributed by atoms with van der Waals surface area (Å²) in [5.74, 6) is 0.652. The molecule has 2 aromatic carbocycles. The summed E-state index contributed by atoms with van der Waals surface area (Å²) in [5.41, 5.74) is 4.79. The SMILES string of the molecule is CCn1c(C)c(CCC(=O)N[C@@H](C)CCc2ccccc2)c(=O)n2nc(-c3ccccc3OC)cc12. The molecule has 36 heavy (non-hydrogen) atoms. The number of aryl methyl sites for hydroxylation is 2. The second-order valence-corrected chi connectivity index (χ2v) is 9.11. The average Bonchev–Trinajstić information content (AvgIpc) is 3.33. The largest absolute Gasteiger partial charge is 0.496 e. The van der Waals surface area contributed by atoms with E-state index in [9.17, 15) is 9.59 Å². The molecule has 0 spiro atoms. The van der Waals surface area contributed by atoms with Crippen LogP contribution < -0.4 is 15.6 Å². The summed E-state index contributed by atoms with van der Waals surface area (Å²) in [6.45, 7) is 6.68. The van der Waals surface area contributed by atoms with Crippen LogP contribution >= 0.6 is 0 Å². The maximum absolute atomic E-state index is 13.4. The van der Waals surface area contributed by atoms with Crippen LogP contribution in [0.5, 0.6) is 5.75 Å². The average molecular weight is 487 g/mol. The van der Waals surface area contributed by atoms with Gasteiger partial charge >= 0.3 is 0 Å². The van der Waals surface area contributed by atoms with Gasteiger partial charge in [0.2, 0.25) is 5.91 Å². The van der Waals surface area contributed by atoms with Crippen LogP contribution in [0.4, 0.5) is 0 Å². The van der Waals surface area contributed by atoms with Gasteiger partial charge in [0.05, 0.1) is 12.8 Å². The summed E-state index contributed by atoms with van der Waals surface area (Å²) < 4.78 is 9.02. The predicted molar refractivity (Wildman–Crippen MR) is 143 cm³/mol. The summed E-state index contributed by atoms with van der Waals surface area (Å²) in [5, 5.41) is 7.71. The quantitative estimate of drug-likeness (QED) is 0.356. The first kappa shape index (κ1) is 25.2. The highest BCUT2D eigenvalue weighted by molar-refractivity contribution is 5.76. The summed E-state index contributed by atoms with van der Waals surface area (Å²) in [7, 11) is 1.62. The van der Waals surface area contributed by atoms with Gasteiger partial charge in [0.25, 0.3) is 5.56 Å². The molecule has 7 nitrogen and oxygen atoms in total. The first-order valence-corrected chi connectivity index (χ1v) is 12.5. The number of aromatic nitrogens is 3. The standard InChI is InChI=1S/C29H34N4O3/c1-5-32-21(3)23(17-18-27(34)30-20(2)15-16-22-11-7-6-8-12-22)29(35)33-28(32)19-25(31-33)24-13-9-10-14-26(24)36-4/h6-14,19-20H,5,15-18H2,1-4H3,(H,30,34)/t20-/m0/s1. The van der Waals surface area contributed by atoms with E-state index >= 15 is 0 Å². The van der Waals surface area contributed by atoms with Crippen LogP contribution in [0.25, 0.3) is 16.9 Å². The first-order chi connectivity index (χ1) is 17.4. The van der Waals surface area contributed by atoms with Crippen molar-refractivity contribution in [3.63, 3.8) is 0 Å². The highest BCUT2D eigenvalue weighted by Gasteiger charge is 2.19. The Bertz CT molecular complexity index is 1410. The minimum Gasteiger partial charge on any atom is -0.496 e. The number of carbonyl (C=O) groups is 1. The van der Waals surface area contributed by atoms with Gasteiger partial charge in [0.15, 0.2) is 0 Å². The molecule has 1 amide bonds. The number of benzene rings is 2. The molecule has 0 aliphatic carbocycles. The third kappa shape index (κ3) is 5.35. The lowest BCUT2D eigenvalue weighted by Gasteiger charge is -2.16. The highest BCUT2D eigenvalue weighted by Crippen LogP contribution is 2.29. The van der Waals surface area contributed by atoms with Crippen molar-refractivity contribution >= 4 is 11.6 Å². The molecule has 0 aliphatic heterocycles. The fourth-order valence-corrected chi connectivity index (χ4v) is 4.69. The van der Waals surface area contributed by atoms with Crippen molar-refractivity contribution < 1.29 is 9.53 Å². The van der Waals surface area contributed by atoms with Gasteiger partial charge in [-0.15, -0.1) is 0 Å². The van der Waals surface area contributed by atoms with Crippen LogP contribution in [0.3, 0.4) is 0 Å². The molecule has 0 unspecified atom stereocenters. The Morgan fingerprint density at radius 3 is 2.53 bits per heavy atom. The maximum atomic E-state index is 13.4. The summed E-state index contributed by atoms with van der Waals surface area (Å²) in [6.07, 6.45) is 2.39. The van der Waals surface area contributed by atoms with E-state index in [1.165, 1.54) is 10.1 Å². The summed E-state index contributed by atoms with van der Waals surface area (Å²) in [6, 6.07) is 19.9. The Labute approximate surface area is 211 Å². The summed E-state index contributed by atoms with van der Waals surface area (Å²) >= 11 is 0. The second-order valence-electron chi connectivity index (χ2n) is 9.11. The number of rotatable bonds is 10. The van der Waals surface area contributed by atoms with Crippen LogP contribution in [-0.2, 0) is 24.2 Å². The Kier molecular flexibility index (Phi) is 7.88. The van der Waals surface area contributed by atoms with Crippen LogP contribution in [0.15, 0.2) is 65.5 Å². The molecule has 0 fully saturated rings. The van der Waals surface area contributed by atoms with E-state index in [4.69, 9.17) is 4.74 Å². The number of hydrogen-bond donors (Lipinski definition) is 1. The molecule has 0 bridgehead atoms. The predicted octanol–water partition coefficient (Wildman–Crippen LogP) is 4.57. The van der Waals surface area contributed by atoms with Crippen LogP contribution in [0.1, 0.15) is 43.5 Å². The molecule has 188 valence electrons. The maximum Gasteiger partial charge on any atom is 0.277 e. The second kappa shape index (κ2) is 11.2. The number of para-hydroxylation sites is 1. The zero-order valence-electron chi connectivity index (χ0n) is 21.5. The third-order valence-electron chi connectivity index (χ3n) is 6.68. The molecule has 4 aromatic rings. The van der Waals surface area contributed by atoms with Crippen molar-refractivity contribution in [1.82, 2.24) is 19.5 Å². The van der Waals surface area contributed by atoms with Crippen LogP contribution in [-0.4, -0.2) is 33.2 Å². The topological polar surface area (TPSA) is 77.6 Å². The van der Waals surface area contributed by atoms with E-state index in [0.29, 0.717) is 30.0 Å². The summed E-state index contributed by atoms with van der Waals surface area (Å²) in [4.78, 5) is 26.1. The molecule has 1 N–H and O–H groups in total. The lowest BCUT2D eigenvalue weighted by molar-refractivity contribution is -0.121. The van der Waals surface area contributed by atoms with Gasteiger partial charge in [-0.3, -0.25) is 9.59 Å². The number of ether oxygens (including phenoxy) is 1. The van der Waals surface area contributed by atoms with E-state index in [2.05, 4.69) is 27.1 Å². The minimum absolute atomic E-state index is 0.0484. The number of nitrogens with one attached hydrogen (secondary N) is 1. The molecule has 7 heteroatoms. The Morgan fingerprint density at radius 2 is 1.81 bits per heavy atom. The lowest BCUT2D eigenvalue weighted by atomic mass is 10.1. The van der Waals surface area contributed by atoms with Gasteiger partial charge in [0.1, 0.15) is 11.4 Å². The first-order valence-electron chi connectivity index (χ1n) is 12.5. The van der Waals surface area contributed by atoms with E-state index in [1.54, 1.807) is 7.11 Å². The number of fused-ring (bicyclic) bond motifs is 1. The fraction of sp³-hybridized carbons (Fsp3) is 0.345. The number of methoxy groups -OCH3 is 1. The molecule has 0 saturated heterocycles. The Hall–Kier alpha value is -3.87. The van der Waals surface area contributed by atoms with E-state index in [1.807, 2.05) is 69.3 Å². The smallest absolute Gasteiger partial charge is 0.277 e. The van der Waals surface area contributed by atoms with Gasteiger partial charge in [-0.1, -0.05) is 42.5 Å². The van der Waals surface area contributed by atoms with Crippen molar-refractivity contribution in [2.45, 2.75) is 59.0 Å². The van der Waals surface area contributed by atoms with Gasteiger partial charge in [0, 0.05) is 41.9 Å². The molecule has 1 atom stereocenters. The van der Waals surface area contributed by atoms with E-state index in [0.717, 1.165) is 29.7 Å². The monoisotopic (exact) mass is 486 g/mol. The third-order valence-corrected chi connectivity index (χ3v) is 6.68. The zero-order chi connectivity index (χ0) is 25.7. The number of nitrogens with zero attached hydrogens (tertiary/aromatic N) is 3. The van der Waals surface area contributed by atoms with E-state index < -0.39 is 0 Å². The van der Waals surface area contributed by atoms with Gasteiger partial charge in [-0.25, -0.2) is 0 Å². The number of amides is 1. The molecule has 0 saturated carbocycles. The van der Waals surface area contributed by atoms with Gasteiger partial charge < -0.3 is 14.6 Å². The minimum atomic E-state index is -0.182. The normalized spacial score (nSPS) is 12.0. The highest BCUT2D eigenvalue weighted by atomic mass is 16.5. The van der Waals surface area contributed by atoms with Crippen LogP contribution in [0.2, 0.25) is 0 Å². The number of carbonyl (C=O) groups excluding carboxylic acids is 1. The lowest BCUT2D eigenvalue weighted by Crippen LogP contribution is -2.34. The van der Waals surface area contributed by atoms with Gasteiger partial charge in [-0.05, 0) is 57.7 Å². The molecule has 4 rings (SSSR count). The van der Waals surface area contributed by atoms with E-state index in [-0.39, 0.29) is 23.9 Å². The van der Waals surface area contributed by atoms with Crippen molar-refractivity contribution in [3.05, 3.63) is 87.8 Å². The Balaban J connectivity index is 1.51. The fourth-order valence-electron chi connectivity index (χ4n) is 4.69. The van der Waals surface area contributed by atoms with Crippen molar-refractivity contribution in [3.8, 4) is 17.0 Å². The van der Waals surface area contributed by atoms with Gasteiger partial charge in [-0.2, -0.15) is 9.61 Å². The molecular formula is C29H34N4O3. The van der Waals surface area contributed by atoms with Crippen molar-refractivity contribution in [2.24, 2.45) is 0 Å².